The number of ether oxygens (including phenoxy) is 4. The van der Waals surface area contributed by atoms with E-state index in [-0.39, 0.29) is 24.0 Å². The molecule has 0 amide bonds. The summed E-state index contributed by atoms with van der Waals surface area (Å²) in [6.07, 6.45) is 0. The molecule has 0 atom stereocenters. The summed E-state index contributed by atoms with van der Waals surface area (Å²) in [6, 6.07) is 4.03. The van der Waals surface area contributed by atoms with E-state index in [4.69, 9.17) is 18.9 Å². The number of guanidine groups is 1. The Balaban J connectivity index is 0.00000420. The van der Waals surface area contributed by atoms with Crippen LogP contribution in [0.4, 0.5) is 0 Å². The molecule has 0 saturated carbocycles. The molecule has 0 bridgehead atoms. The van der Waals surface area contributed by atoms with Gasteiger partial charge in [-0.2, -0.15) is 0 Å². The smallest absolute Gasteiger partial charge is 0.203 e. The van der Waals surface area contributed by atoms with E-state index in [1.165, 1.54) is 0 Å². The van der Waals surface area contributed by atoms with E-state index in [1.807, 2.05) is 26.1 Å². The van der Waals surface area contributed by atoms with E-state index in [9.17, 15) is 0 Å². The lowest BCUT2D eigenvalue weighted by Gasteiger charge is -2.36. The zero-order valence-corrected chi connectivity index (χ0v) is 20.5. The normalized spacial score (nSPS) is 14.9. The van der Waals surface area contributed by atoms with Gasteiger partial charge in [-0.15, -0.1) is 24.0 Å². The highest BCUT2D eigenvalue weighted by Crippen LogP contribution is 2.38. The zero-order valence-electron chi connectivity index (χ0n) is 18.2. The largest absolute Gasteiger partial charge is 0.493 e. The molecule has 1 aromatic rings. The maximum atomic E-state index is 5.46. The third-order valence-electron chi connectivity index (χ3n) is 4.75. The van der Waals surface area contributed by atoms with Crippen LogP contribution in [-0.2, 0) is 11.3 Å². The summed E-state index contributed by atoms with van der Waals surface area (Å²) >= 11 is 0. The molecular weight excluding hydrogens is 487 g/mol. The summed E-state index contributed by atoms with van der Waals surface area (Å²) in [5, 5.41) is 3.37. The maximum absolute atomic E-state index is 5.46. The second kappa shape index (κ2) is 13.7. The molecule has 1 heterocycles. The topological polar surface area (TPSA) is 67.8 Å². The molecule has 8 nitrogen and oxygen atoms in total. The molecular formula is C20H35IN4O4. The standard InChI is InChI=1S/C20H34N4O4.HI/c1-6-28-12-7-22-20(21-2)24-10-8-23(9-11-24)15-16-13-17(25-3)19(27-5)18(14-16)26-4;/h13-14H,6-12,15H2,1-5H3,(H,21,22);1H. The molecule has 29 heavy (non-hydrogen) atoms. The Morgan fingerprint density at radius 3 is 2.14 bits per heavy atom. The van der Waals surface area contributed by atoms with Gasteiger partial charge in [0.1, 0.15) is 0 Å². The van der Waals surface area contributed by atoms with E-state index in [0.29, 0.717) is 23.9 Å². The first-order chi connectivity index (χ1) is 13.7. The Bertz CT molecular complexity index is 612. The third-order valence-corrected chi connectivity index (χ3v) is 4.75. The highest BCUT2D eigenvalue weighted by atomic mass is 127. The van der Waals surface area contributed by atoms with Crippen LogP contribution in [0, 0.1) is 0 Å². The summed E-state index contributed by atoms with van der Waals surface area (Å²) in [6.45, 7) is 8.81. The predicted octanol–water partition coefficient (Wildman–Crippen LogP) is 2.06. The van der Waals surface area contributed by atoms with Crippen LogP contribution in [0.15, 0.2) is 17.1 Å². The molecule has 0 spiro atoms. The van der Waals surface area contributed by atoms with E-state index in [0.717, 1.165) is 57.4 Å². The van der Waals surface area contributed by atoms with Crippen LogP contribution in [0.25, 0.3) is 0 Å². The molecule has 1 aliphatic heterocycles. The van der Waals surface area contributed by atoms with E-state index < -0.39 is 0 Å². The Kier molecular flexibility index (Phi) is 12.1. The molecule has 166 valence electrons. The van der Waals surface area contributed by atoms with Gasteiger partial charge in [-0.05, 0) is 24.6 Å². The molecule has 0 radical (unpaired) electrons. The van der Waals surface area contributed by atoms with E-state index in [1.54, 1.807) is 21.3 Å². The number of nitrogens with one attached hydrogen (secondary N) is 1. The van der Waals surface area contributed by atoms with Crippen LogP contribution in [0.1, 0.15) is 12.5 Å². The average molecular weight is 522 g/mol. The molecule has 1 fully saturated rings. The monoisotopic (exact) mass is 522 g/mol. The first kappa shape index (κ1) is 25.6. The Labute approximate surface area is 191 Å². The summed E-state index contributed by atoms with van der Waals surface area (Å²) in [5.41, 5.74) is 1.14. The molecule has 0 aliphatic carbocycles. The van der Waals surface area contributed by atoms with Gasteiger partial charge in [-0.3, -0.25) is 9.89 Å². The van der Waals surface area contributed by atoms with Gasteiger partial charge in [0.25, 0.3) is 0 Å². The summed E-state index contributed by atoms with van der Waals surface area (Å²) < 4.78 is 21.7. The van der Waals surface area contributed by atoms with Gasteiger partial charge in [-0.25, -0.2) is 0 Å². The summed E-state index contributed by atoms with van der Waals surface area (Å²) in [5.74, 6) is 2.94. The van der Waals surface area contributed by atoms with Crippen LogP contribution >= 0.6 is 24.0 Å². The minimum absolute atomic E-state index is 0. The molecule has 1 saturated heterocycles. The van der Waals surface area contributed by atoms with Crippen molar-refractivity contribution in [1.29, 1.82) is 0 Å². The predicted molar refractivity (Wildman–Crippen MR) is 126 cm³/mol. The van der Waals surface area contributed by atoms with Crippen molar-refractivity contribution in [3.8, 4) is 17.2 Å². The first-order valence-electron chi connectivity index (χ1n) is 9.71. The fourth-order valence-corrected chi connectivity index (χ4v) is 3.31. The van der Waals surface area contributed by atoms with Crippen molar-refractivity contribution in [2.45, 2.75) is 13.5 Å². The van der Waals surface area contributed by atoms with Crippen molar-refractivity contribution in [2.75, 3.05) is 74.3 Å². The van der Waals surface area contributed by atoms with E-state index in [2.05, 4.69) is 20.1 Å². The zero-order chi connectivity index (χ0) is 20.4. The van der Waals surface area contributed by atoms with Gasteiger partial charge in [0, 0.05) is 52.9 Å². The quantitative estimate of drug-likeness (QED) is 0.231. The van der Waals surface area contributed by atoms with Crippen LogP contribution in [0.2, 0.25) is 0 Å². The highest BCUT2D eigenvalue weighted by molar-refractivity contribution is 14.0. The number of rotatable bonds is 9. The lowest BCUT2D eigenvalue weighted by Crippen LogP contribution is -2.52. The number of hydrogen-bond donors (Lipinski definition) is 1. The Morgan fingerprint density at radius 1 is 1.03 bits per heavy atom. The van der Waals surface area contributed by atoms with Crippen molar-refractivity contribution in [3.05, 3.63) is 17.7 Å². The number of piperazine rings is 1. The van der Waals surface area contributed by atoms with Crippen LogP contribution in [0.3, 0.4) is 0 Å². The van der Waals surface area contributed by atoms with Crippen molar-refractivity contribution >= 4 is 29.9 Å². The molecule has 1 aromatic carbocycles. The van der Waals surface area contributed by atoms with Gasteiger partial charge in [0.05, 0.1) is 27.9 Å². The van der Waals surface area contributed by atoms with Crippen molar-refractivity contribution in [2.24, 2.45) is 4.99 Å². The van der Waals surface area contributed by atoms with Crippen LogP contribution < -0.4 is 19.5 Å². The van der Waals surface area contributed by atoms with E-state index >= 15 is 0 Å². The van der Waals surface area contributed by atoms with Crippen molar-refractivity contribution < 1.29 is 18.9 Å². The van der Waals surface area contributed by atoms with Gasteiger partial charge in [-0.1, -0.05) is 0 Å². The van der Waals surface area contributed by atoms with Gasteiger partial charge >= 0.3 is 0 Å². The van der Waals surface area contributed by atoms with Crippen molar-refractivity contribution in [1.82, 2.24) is 15.1 Å². The fourth-order valence-electron chi connectivity index (χ4n) is 3.31. The second-order valence-electron chi connectivity index (χ2n) is 6.47. The lowest BCUT2D eigenvalue weighted by molar-refractivity contribution is 0.149. The molecule has 1 N–H and O–H groups in total. The first-order valence-corrected chi connectivity index (χ1v) is 9.71. The number of aliphatic imine (C=N–C) groups is 1. The second-order valence-corrected chi connectivity index (χ2v) is 6.47. The molecule has 9 heteroatoms. The van der Waals surface area contributed by atoms with Crippen molar-refractivity contribution in [3.63, 3.8) is 0 Å². The molecule has 0 aromatic heterocycles. The van der Waals surface area contributed by atoms with Crippen LogP contribution in [0.5, 0.6) is 17.2 Å². The van der Waals surface area contributed by atoms with Gasteiger partial charge in [0.2, 0.25) is 5.75 Å². The third kappa shape index (κ3) is 7.38. The lowest BCUT2D eigenvalue weighted by atomic mass is 10.1. The summed E-state index contributed by atoms with van der Waals surface area (Å²) in [7, 11) is 6.73. The molecule has 0 unspecified atom stereocenters. The highest BCUT2D eigenvalue weighted by Gasteiger charge is 2.21. The number of methoxy groups -OCH3 is 3. The number of halogens is 1. The maximum Gasteiger partial charge on any atom is 0.203 e. The Morgan fingerprint density at radius 2 is 1.66 bits per heavy atom. The SMILES string of the molecule is CCOCCNC(=NC)N1CCN(Cc2cc(OC)c(OC)c(OC)c2)CC1.I. The Hall–Kier alpha value is -1.46. The average Bonchev–Trinajstić information content (AvgIpc) is 2.74. The van der Waals surface area contributed by atoms with Gasteiger partial charge in [0.15, 0.2) is 17.5 Å². The molecule has 2 rings (SSSR count). The number of nitrogens with zero attached hydrogens (tertiary/aromatic N) is 3. The number of hydrogen-bond acceptors (Lipinski definition) is 6. The minimum Gasteiger partial charge on any atom is -0.493 e. The summed E-state index contributed by atoms with van der Waals surface area (Å²) in [4.78, 5) is 9.10. The fraction of sp³-hybridized carbons (Fsp3) is 0.650. The molecule has 1 aliphatic rings. The number of benzene rings is 1. The van der Waals surface area contributed by atoms with Gasteiger partial charge < -0.3 is 29.2 Å². The van der Waals surface area contributed by atoms with Crippen LogP contribution in [-0.4, -0.2) is 90.1 Å². The minimum atomic E-state index is 0.